The molecule has 1 N–H and O–H groups in total. The Morgan fingerprint density at radius 1 is 1.12 bits per heavy atom. The average molecular weight is 478 g/mol. The molecule has 174 valence electrons. The van der Waals surface area contributed by atoms with E-state index < -0.39 is 5.91 Å². The first-order valence-corrected chi connectivity index (χ1v) is 11.2. The van der Waals surface area contributed by atoms with Gasteiger partial charge >= 0.3 is 0 Å². The van der Waals surface area contributed by atoms with Crippen LogP contribution in [0.25, 0.3) is 11.1 Å². The highest BCUT2D eigenvalue weighted by Crippen LogP contribution is 2.33. The van der Waals surface area contributed by atoms with Crippen LogP contribution in [0, 0.1) is 13.8 Å². The van der Waals surface area contributed by atoms with Gasteiger partial charge in [-0.1, -0.05) is 22.8 Å². The van der Waals surface area contributed by atoms with Crippen molar-refractivity contribution in [1.29, 1.82) is 0 Å². The number of methoxy groups -OCH3 is 1. The highest BCUT2D eigenvalue weighted by atomic mass is 32.1. The van der Waals surface area contributed by atoms with Gasteiger partial charge in [-0.2, -0.15) is 0 Å². The van der Waals surface area contributed by atoms with Crippen LogP contribution in [-0.4, -0.2) is 32.8 Å². The van der Waals surface area contributed by atoms with Gasteiger partial charge < -0.3 is 14.0 Å². The summed E-state index contributed by atoms with van der Waals surface area (Å²) in [5.74, 6) is 0.109. The minimum atomic E-state index is -0.485. The van der Waals surface area contributed by atoms with Crippen molar-refractivity contribution in [3.05, 3.63) is 81.5 Å². The smallest absolute Gasteiger partial charge is 0.296 e. The van der Waals surface area contributed by atoms with Crippen molar-refractivity contribution in [2.45, 2.75) is 20.5 Å². The summed E-state index contributed by atoms with van der Waals surface area (Å²) in [5.41, 5.74) is 3.96. The lowest BCUT2D eigenvalue weighted by Gasteiger charge is -2.14. The Bertz CT molecular complexity index is 1400. The molecular weight excluding hydrogens is 454 g/mol. The number of benzene rings is 1. The molecule has 0 unspecified atom stereocenters. The minimum Gasteiger partial charge on any atom is -0.496 e. The van der Waals surface area contributed by atoms with Gasteiger partial charge in [0, 0.05) is 47.9 Å². The Hall–Kier alpha value is -4.05. The molecule has 3 heterocycles. The zero-order valence-corrected chi connectivity index (χ0v) is 20.0. The second-order valence-electron chi connectivity index (χ2n) is 7.68. The van der Waals surface area contributed by atoms with E-state index in [2.05, 4.69) is 20.5 Å². The van der Waals surface area contributed by atoms with Crippen molar-refractivity contribution in [2.75, 3.05) is 12.4 Å². The standard InChI is InChI=1S/C24H23N5O4S/c1-14-5-8-20(32-4)17(9-14)19-12-29(3)21(30)10-18(19)22(31)26-23-27-28-24(34-23)33-13-16-7-6-15(2)25-11-16/h5-12H,13H2,1-4H3,(H,26,27,31). The molecular formula is C24H23N5O4S. The van der Waals surface area contributed by atoms with E-state index >= 15 is 0 Å². The zero-order valence-electron chi connectivity index (χ0n) is 19.2. The number of hydrogen-bond donors (Lipinski definition) is 1. The quantitative estimate of drug-likeness (QED) is 0.432. The second kappa shape index (κ2) is 9.84. The SMILES string of the molecule is COc1ccc(C)cc1-c1cn(C)c(=O)cc1C(=O)Nc1nnc(OCc2ccc(C)nc2)s1. The van der Waals surface area contributed by atoms with E-state index in [9.17, 15) is 9.59 Å². The topological polar surface area (TPSA) is 108 Å². The Morgan fingerprint density at radius 3 is 2.68 bits per heavy atom. The minimum absolute atomic E-state index is 0.204. The maximum Gasteiger partial charge on any atom is 0.296 e. The molecule has 0 bridgehead atoms. The number of pyridine rings is 2. The van der Waals surface area contributed by atoms with Gasteiger partial charge in [0.05, 0.1) is 12.7 Å². The van der Waals surface area contributed by atoms with Crippen LogP contribution in [0.4, 0.5) is 5.13 Å². The molecule has 4 aromatic rings. The number of carbonyl (C=O) groups excluding carboxylic acids is 1. The van der Waals surface area contributed by atoms with Crippen molar-refractivity contribution in [2.24, 2.45) is 7.05 Å². The normalized spacial score (nSPS) is 10.7. The van der Waals surface area contributed by atoms with E-state index in [4.69, 9.17) is 9.47 Å². The number of rotatable bonds is 7. The molecule has 9 nitrogen and oxygen atoms in total. The molecule has 1 aromatic carbocycles. The fourth-order valence-electron chi connectivity index (χ4n) is 3.28. The third kappa shape index (κ3) is 5.12. The first-order chi connectivity index (χ1) is 16.3. The Kier molecular flexibility index (Phi) is 6.69. The Morgan fingerprint density at radius 2 is 1.94 bits per heavy atom. The summed E-state index contributed by atoms with van der Waals surface area (Å²) in [7, 11) is 3.19. The largest absolute Gasteiger partial charge is 0.496 e. The molecule has 0 saturated carbocycles. The summed E-state index contributed by atoms with van der Waals surface area (Å²) in [6.45, 7) is 4.13. The highest BCUT2D eigenvalue weighted by molar-refractivity contribution is 7.17. The number of nitrogens with one attached hydrogen (secondary N) is 1. The van der Waals surface area contributed by atoms with Crippen molar-refractivity contribution in [1.82, 2.24) is 19.7 Å². The Labute approximate surface area is 200 Å². The van der Waals surface area contributed by atoms with Gasteiger partial charge in [0.25, 0.3) is 16.7 Å². The third-order valence-electron chi connectivity index (χ3n) is 5.08. The maximum atomic E-state index is 13.2. The third-order valence-corrected chi connectivity index (χ3v) is 5.83. The van der Waals surface area contributed by atoms with Crippen LogP contribution >= 0.6 is 11.3 Å². The number of amides is 1. The fraction of sp³-hybridized carbons (Fsp3) is 0.208. The molecule has 0 fully saturated rings. The monoisotopic (exact) mass is 477 g/mol. The van der Waals surface area contributed by atoms with Crippen molar-refractivity contribution < 1.29 is 14.3 Å². The molecule has 10 heteroatoms. The number of nitrogens with zero attached hydrogens (tertiary/aromatic N) is 4. The zero-order chi connectivity index (χ0) is 24.2. The van der Waals surface area contributed by atoms with E-state index in [0.717, 1.165) is 28.2 Å². The number of carbonyl (C=O) groups is 1. The van der Waals surface area contributed by atoms with Gasteiger partial charge in [-0.05, 0) is 43.4 Å². The summed E-state index contributed by atoms with van der Waals surface area (Å²) in [6, 6.07) is 10.8. The van der Waals surface area contributed by atoms with Crippen LogP contribution in [0.1, 0.15) is 27.2 Å². The van der Waals surface area contributed by atoms with Crippen molar-refractivity contribution in [3.8, 4) is 22.1 Å². The van der Waals surface area contributed by atoms with Crippen LogP contribution in [0.2, 0.25) is 0 Å². The van der Waals surface area contributed by atoms with Gasteiger partial charge in [0.2, 0.25) is 5.13 Å². The van der Waals surface area contributed by atoms with Crippen LogP contribution < -0.4 is 20.3 Å². The summed E-state index contributed by atoms with van der Waals surface area (Å²) in [5, 5.41) is 11.2. The van der Waals surface area contributed by atoms with Gasteiger partial charge in [0.15, 0.2) is 0 Å². The molecule has 3 aromatic heterocycles. The van der Waals surface area contributed by atoms with Crippen molar-refractivity contribution in [3.63, 3.8) is 0 Å². The van der Waals surface area contributed by atoms with E-state index in [0.29, 0.717) is 22.1 Å². The maximum absolute atomic E-state index is 13.2. The lowest BCUT2D eigenvalue weighted by atomic mass is 9.98. The first kappa shape index (κ1) is 23.1. The molecule has 0 aliphatic heterocycles. The van der Waals surface area contributed by atoms with Crippen LogP contribution in [0.5, 0.6) is 10.9 Å². The molecule has 34 heavy (non-hydrogen) atoms. The second-order valence-corrected chi connectivity index (χ2v) is 8.62. The highest BCUT2D eigenvalue weighted by Gasteiger charge is 2.20. The fourth-order valence-corrected chi connectivity index (χ4v) is 3.87. The van der Waals surface area contributed by atoms with Crippen LogP contribution in [-0.2, 0) is 13.7 Å². The molecule has 0 aliphatic carbocycles. The average Bonchev–Trinajstić information content (AvgIpc) is 3.27. The number of anilines is 1. The molecule has 0 atom stereocenters. The molecule has 4 rings (SSSR count). The summed E-state index contributed by atoms with van der Waals surface area (Å²) in [4.78, 5) is 29.7. The molecule has 0 saturated heterocycles. The number of aromatic nitrogens is 4. The van der Waals surface area contributed by atoms with Gasteiger partial charge in [-0.3, -0.25) is 19.9 Å². The molecule has 0 aliphatic rings. The lowest BCUT2D eigenvalue weighted by molar-refractivity contribution is 0.102. The summed E-state index contributed by atoms with van der Waals surface area (Å²) >= 11 is 1.09. The van der Waals surface area contributed by atoms with E-state index in [1.807, 2.05) is 44.2 Å². The van der Waals surface area contributed by atoms with Gasteiger partial charge in [0.1, 0.15) is 12.4 Å². The van der Waals surface area contributed by atoms with Gasteiger partial charge in [-0.25, -0.2) is 0 Å². The lowest BCUT2D eigenvalue weighted by Crippen LogP contribution is -2.21. The number of ether oxygens (including phenoxy) is 2. The summed E-state index contributed by atoms with van der Waals surface area (Å²) in [6.07, 6.45) is 3.36. The first-order valence-electron chi connectivity index (χ1n) is 10.4. The van der Waals surface area contributed by atoms with Crippen molar-refractivity contribution >= 4 is 22.4 Å². The van der Waals surface area contributed by atoms with Crippen LogP contribution in [0.3, 0.4) is 0 Å². The molecule has 0 spiro atoms. The van der Waals surface area contributed by atoms with E-state index in [1.54, 1.807) is 26.6 Å². The van der Waals surface area contributed by atoms with E-state index in [-0.39, 0.29) is 22.9 Å². The van der Waals surface area contributed by atoms with Gasteiger partial charge in [-0.15, -0.1) is 5.10 Å². The summed E-state index contributed by atoms with van der Waals surface area (Å²) < 4.78 is 12.6. The molecule has 0 radical (unpaired) electrons. The number of hydrogen-bond acceptors (Lipinski definition) is 8. The molecule has 1 amide bonds. The van der Waals surface area contributed by atoms with Crippen LogP contribution in [0.15, 0.2) is 53.6 Å². The number of aryl methyl sites for hydroxylation is 3. The van der Waals surface area contributed by atoms with E-state index in [1.165, 1.54) is 10.6 Å². The Balaban J connectivity index is 1.57. The predicted octanol–water partition coefficient (Wildman–Crippen LogP) is 3.76. The predicted molar refractivity (Wildman–Crippen MR) is 130 cm³/mol.